The Labute approximate surface area is 164 Å². The third kappa shape index (κ3) is 2.62. The van der Waals surface area contributed by atoms with E-state index in [1.165, 1.54) is 6.07 Å². The number of carbonyl (C=O) groups excluding carboxylic acids is 1. The van der Waals surface area contributed by atoms with Crippen LogP contribution < -0.4 is 0 Å². The van der Waals surface area contributed by atoms with Gasteiger partial charge in [-0.15, -0.1) is 0 Å². The smallest absolute Gasteiger partial charge is 0.391 e. The average molecular weight is 401 g/mol. The number of aryl methyl sites for hydroxylation is 1. The van der Waals surface area contributed by atoms with Crippen molar-refractivity contribution in [3.05, 3.63) is 64.5 Å². The van der Waals surface area contributed by atoms with Crippen LogP contribution in [0.3, 0.4) is 0 Å². The molecule has 1 aromatic heterocycles. The Bertz CT molecular complexity index is 1050. The molecule has 150 valence electrons. The number of carbonyl (C=O) groups is 1. The zero-order valence-corrected chi connectivity index (χ0v) is 15.4. The summed E-state index contributed by atoms with van der Waals surface area (Å²) >= 11 is 0. The number of fused-ring (bicyclic) bond motifs is 4. The Balaban J connectivity index is 1.75. The standard InChI is InChI=1S/C21H18F3N3O2/c22-21(23,24)16-6-5-14-17(25-16)20(9-7-12-3-1-2-4-15(12)20)19(29)26-18(14)27-10-8-13(28)11-27/h1-6,13,28H,7-11H2/t13-,20-/m1/s1. The second-order valence-corrected chi connectivity index (χ2v) is 7.78. The number of likely N-dealkylation sites (tertiary alicyclic amines) is 1. The van der Waals surface area contributed by atoms with E-state index in [2.05, 4.69) is 9.98 Å². The van der Waals surface area contributed by atoms with Gasteiger partial charge in [-0.3, -0.25) is 4.79 Å². The summed E-state index contributed by atoms with van der Waals surface area (Å²) in [6.07, 6.45) is -3.74. The first kappa shape index (κ1) is 18.3. The second kappa shape index (κ2) is 6.13. The number of hydrogen-bond donors (Lipinski definition) is 1. The number of nitrogens with zero attached hydrogens (tertiary/aromatic N) is 3. The van der Waals surface area contributed by atoms with Gasteiger partial charge in [0.05, 0.1) is 11.8 Å². The zero-order chi connectivity index (χ0) is 20.4. The van der Waals surface area contributed by atoms with Crippen molar-refractivity contribution in [1.82, 2.24) is 9.88 Å². The van der Waals surface area contributed by atoms with E-state index < -0.39 is 29.3 Å². The summed E-state index contributed by atoms with van der Waals surface area (Å²) < 4.78 is 40.4. The number of benzene rings is 1. The Morgan fingerprint density at radius 2 is 1.97 bits per heavy atom. The number of aliphatic hydroxyl groups is 1. The Morgan fingerprint density at radius 1 is 1.17 bits per heavy atom. The van der Waals surface area contributed by atoms with Crippen LogP contribution in [-0.2, 0) is 22.8 Å². The van der Waals surface area contributed by atoms with Gasteiger partial charge < -0.3 is 10.0 Å². The number of hydrogen-bond acceptors (Lipinski definition) is 4. The molecule has 1 saturated heterocycles. The number of amides is 1. The molecule has 1 fully saturated rings. The number of alkyl halides is 3. The first-order valence-corrected chi connectivity index (χ1v) is 9.54. The minimum atomic E-state index is -4.62. The summed E-state index contributed by atoms with van der Waals surface area (Å²) in [6.45, 7) is 0.771. The molecular weight excluding hydrogens is 383 g/mol. The quantitative estimate of drug-likeness (QED) is 0.737. The Morgan fingerprint density at radius 3 is 2.69 bits per heavy atom. The summed E-state index contributed by atoms with van der Waals surface area (Å²) in [5.74, 6) is -0.184. The largest absolute Gasteiger partial charge is 0.433 e. The highest BCUT2D eigenvalue weighted by molar-refractivity contribution is 6.13. The van der Waals surface area contributed by atoms with Gasteiger partial charge in [0.1, 0.15) is 16.9 Å². The molecule has 1 aliphatic carbocycles. The second-order valence-electron chi connectivity index (χ2n) is 7.78. The molecule has 2 aliphatic heterocycles. The van der Waals surface area contributed by atoms with Gasteiger partial charge >= 0.3 is 6.18 Å². The van der Waals surface area contributed by atoms with E-state index in [-0.39, 0.29) is 12.2 Å². The number of pyridine rings is 1. The van der Waals surface area contributed by atoms with Crippen LogP contribution in [0.5, 0.6) is 0 Å². The lowest BCUT2D eigenvalue weighted by Gasteiger charge is -2.35. The third-order valence-corrected chi connectivity index (χ3v) is 6.11. The Hall–Kier alpha value is -2.74. The molecule has 2 aromatic rings. The van der Waals surface area contributed by atoms with Crippen molar-refractivity contribution < 1.29 is 23.1 Å². The predicted octanol–water partition coefficient (Wildman–Crippen LogP) is 2.69. The molecule has 0 saturated carbocycles. The number of aromatic nitrogens is 1. The number of halogens is 3. The van der Waals surface area contributed by atoms with Gasteiger partial charge in [-0.2, -0.15) is 18.2 Å². The lowest BCUT2D eigenvalue weighted by atomic mass is 9.74. The van der Waals surface area contributed by atoms with E-state index in [9.17, 15) is 23.1 Å². The summed E-state index contributed by atoms with van der Waals surface area (Å²) in [4.78, 5) is 23.4. The summed E-state index contributed by atoms with van der Waals surface area (Å²) in [6, 6.07) is 9.61. The molecule has 5 nitrogen and oxygen atoms in total. The summed E-state index contributed by atoms with van der Waals surface area (Å²) in [5.41, 5.74) is -0.147. The van der Waals surface area contributed by atoms with Gasteiger partial charge in [0.2, 0.25) is 0 Å². The molecule has 1 N–H and O–H groups in total. The number of β-amino-alcohol motifs (C(OH)–C–C–N with tert-alkyl or cyclic N) is 1. The van der Waals surface area contributed by atoms with Crippen molar-refractivity contribution in [1.29, 1.82) is 0 Å². The van der Waals surface area contributed by atoms with Crippen LogP contribution in [0.15, 0.2) is 41.4 Å². The number of amidine groups is 1. The lowest BCUT2D eigenvalue weighted by Crippen LogP contribution is -2.45. The summed E-state index contributed by atoms with van der Waals surface area (Å²) in [7, 11) is 0. The Kier molecular flexibility index (Phi) is 3.87. The molecule has 0 bridgehead atoms. The molecule has 29 heavy (non-hydrogen) atoms. The molecule has 5 rings (SSSR count). The fourth-order valence-corrected chi connectivity index (χ4v) is 4.73. The van der Waals surface area contributed by atoms with Crippen molar-refractivity contribution in [2.75, 3.05) is 13.1 Å². The first-order chi connectivity index (χ1) is 13.8. The van der Waals surface area contributed by atoms with E-state index in [0.717, 1.165) is 11.6 Å². The van der Waals surface area contributed by atoms with Gasteiger partial charge in [-0.05, 0) is 42.5 Å². The van der Waals surface area contributed by atoms with E-state index >= 15 is 0 Å². The molecule has 1 spiro atoms. The monoisotopic (exact) mass is 401 g/mol. The summed E-state index contributed by atoms with van der Waals surface area (Å²) in [5, 5.41) is 9.88. The molecule has 1 amide bonds. The van der Waals surface area contributed by atoms with Crippen LogP contribution in [0.25, 0.3) is 0 Å². The van der Waals surface area contributed by atoms with Gasteiger partial charge in [0.15, 0.2) is 0 Å². The molecule has 8 heteroatoms. The molecule has 0 radical (unpaired) electrons. The van der Waals surface area contributed by atoms with Gasteiger partial charge in [0, 0.05) is 18.7 Å². The molecule has 3 aliphatic rings. The zero-order valence-electron chi connectivity index (χ0n) is 15.4. The van der Waals surface area contributed by atoms with Crippen LogP contribution >= 0.6 is 0 Å². The van der Waals surface area contributed by atoms with Gasteiger partial charge in [0.25, 0.3) is 5.91 Å². The number of rotatable bonds is 0. The van der Waals surface area contributed by atoms with Gasteiger partial charge in [-0.25, -0.2) is 4.98 Å². The minimum Gasteiger partial charge on any atom is -0.391 e. The third-order valence-electron chi connectivity index (χ3n) is 6.11. The molecule has 1 aromatic carbocycles. The number of aliphatic hydroxyl groups excluding tert-OH is 1. The van der Waals surface area contributed by atoms with Crippen LogP contribution in [-0.4, -0.2) is 45.9 Å². The van der Waals surface area contributed by atoms with Crippen LogP contribution in [0.1, 0.15) is 40.9 Å². The maximum Gasteiger partial charge on any atom is 0.433 e. The fraction of sp³-hybridized carbons (Fsp3) is 0.381. The molecular formula is C21H18F3N3O2. The lowest BCUT2D eigenvalue weighted by molar-refractivity contribution is -0.141. The van der Waals surface area contributed by atoms with E-state index in [1.807, 2.05) is 12.1 Å². The highest BCUT2D eigenvalue weighted by Gasteiger charge is 2.53. The van der Waals surface area contributed by atoms with E-state index in [4.69, 9.17) is 0 Å². The molecule has 0 unspecified atom stereocenters. The normalized spacial score (nSPS) is 25.9. The maximum atomic E-state index is 13.5. The minimum absolute atomic E-state index is 0.119. The van der Waals surface area contributed by atoms with Gasteiger partial charge in [-0.1, -0.05) is 24.3 Å². The topological polar surface area (TPSA) is 65.8 Å². The van der Waals surface area contributed by atoms with Crippen LogP contribution in [0.2, 0.25) is 0 Å². The van der Waals surface area contributed by atoms with E-state index in [0.29, 0.717) is 42.8 Å². The van der Waals surface area contributed by atoms with Crippen molar-refractivity contribution in [2.24, 2.45) is 4.99 Å². The molecule has 2 atom stereocenters. The van der Waals surface area contributed by atoms with Crippen molar-refractivity contribution in [3.63, 3.8) is 0 Å². The number of aliphatic imine (C=N–C) groups is 1. The first-order valence-electron chi connectivity index (χ1n) is 9.54. The van der Waals surface area contributed by atoms with Crippen LogP contribution in [0, 0.1) is 0 Å². The van der Waals surface area contributed by atoms with Crippen molar-refractivity contribution >= 4 is 11.7 Å². The highest BCUT2D eigenvalue weighted by atomic mass is 19.4. The van der Waals surface area contributed by atoms with Crippen molar-refractivity contribution in [3.8, 4) is 0 Å². The van der Waals surface area contributed by atoms with Crippen LogP contribution in [0.4, 0.5) is 13.2 Å². The SMILES string of the molecule is O=C1N=C(N2CC[C@@H](O)C2)c2ccc(C(F)(F)F)nc2[C@]12CCc1ccccc12. The van der Waals surface area contributed by atoms with Crippen molar-refractivity contribution in [2.45, 2.75) is 37.0 Å². The molecule has 3 heterocycles. The highest BCUT2D eigenvalue weighted by Crippen LogP contribution is 2.48. The van der Waals surface area contributed by atoms with E-state index in [1.54, 1.807) is 17.0 Å². The average Bonchev–Trinajstić information content (AvgIpc) is 3.29. The fourth-order valence-electron chi connectivity index (χ4n) is 4.73. The predicted molar refractivity (Wildman–Crippen MR) is 98.5 cm³/mol. The maximum absolute atomic E-state index is 13.5.